The summed E-state index contributed by atoms with van der Waals surface area (Å²) in [6.45, 7) is 8.05. The quantitative estimate of drug-likeness (QED) is 0.258. The predicted octanol–water partition coefficient (Wildman–Crippen LogP) is 5.16. The molecule has 1 aromatic heterocycles. The zero-order valence-corrected chi connectivity index (χ0v) is 24.9. The van der Waals surface area contributed by atoms with Crippen molar-refractivity contribution in [1.29, 1.82) is 0 Å². The SMILES string of the molecule is Cc1ccc(NC(=O)c2ccc3c(c2)OCCO3)cc1NC(=O)c1ccc(Nc2cccc(CN3CCN(C)CC3)c2)nc1. The highest BCUT2D eigenvalue weighted by molar-refractivity contribution is 6.07. The Labute approximate surface area is 257 Å². The third-order valence-corrected chi connectivity index (χ3v) is 7.78. The number of hydrogen-bond acceptors (Lipinski definition) is 8. The summed E-state index contributed by atoms with van der Waals surface area (Å²) in [5.74, 6) is 1.23. The largest absolute Gasteiger partial charge is 0.486 e. The lowest BCUT2D eigenvalue weighted by Crippen LogP contribution is -2.43. The number of rotatable bonds is 8. The molecule has 1 fully saturated rings. The van der Waals surface area contributed by atoms with Gasteiger partial charge in [-0.2, -0.15) is 0 Å². The van der Waals surface area contributed by atoms with Gasteiger partial charge in [0.25, 0.3) is 11.8 Å². The van der Waals surface area contributed by atoms with Crippen LogP contribution in [0.4, 0.5) is 22.9 Å². The van der Waals surface area contributed by atoms with Crippen LogP contribution in [0.5, 0.6) is 11.5 Å². The molecule has 0 aliphatic carbocycles. The van der Waals surface area contributed by atoms with Gasteiger partial charge in [-0.15, -0.1) is 0 Å². The zero-order chi connectivity index (χ0) is 30.5. The third kappa shape index (κ3) is 7.16. The maximum atomic E-state index is 13.1. The van der Waals surface area contributed by atoms with Crippen LogP contribution in [-0.2, 0) is 6.54 Å². The molecule has 0 atom stereocenters. The second kappa shape index (κ2) is 13.2. The number of hydrogen-bond donors (Lipinski definition) is 3. The molecule has 10 heteroatoms. The van der Waals surface area contributed by atoms with Crippen LogP contribution in [0.3, 0.4) is 0 Å². The Hall–Kier alpha value is -4.93. The monoisotopic (exact) mass is 592 g/mol. The molecule has 3 aromatic carbocycles. The van der Waals surface area contributed by atoms with E-state index < -0.39 is 0 Å². The zero-order valence-electron chi connectivity index (χ0n) is 24.9. The van der Waals surface area contributed by atoms with Gasteiger partial charge in [0, 0.05) is 61.5 Å². The molecule has 2 amide bonds. The van der Waals surface area contributed by atoms with Gasteiger partial charge in [-0.25, -0.2) is 4.98 Å². The summed E-state index contributed by atoms with van der Waals surface area (Å²) in [6.07, 6.45) is 1.55. The summed E-state index contributed by atoms with van der Waals surface area (Å²) in [7, 11) is 2.16. The Bertz CT molecular complexity index is 1650. The van der Waals surface area contributed by atoms with Gasteiger partial charge >= 0.3 is 0 Å². The Balaban J connectivity index is 1.06. The molecule has 2 aliphatic heterocycles. The maximum Gasteiger partial charge on any atom is 0.257 e. The number of anilines is 4. The standard InChI is InChI=1S/C34H36N6O4/c1-23-6-9-28(37-33(41)25-7-10-30-31(19-25)44-17-16-43-30)20-29(23)38-34(42)26-8-11-32(35-21-26)36-27-5-3-4-24(18-27)22-40-14-12-39(2)13-15-40/h3-11,18-21H,12-17,22H2,1-2H3,(H,35,36)(H,37,41)(H,38,42). The van der Waals surface area contributed by atoms with E-state index in [2.05, 4.69) is 49.9 Å². The first-order valence-electron chi connectivity index (χ1n) is 14.8. The van der Waals surface area contributed by atoms with Crippen LogP contribution in [0.1, 0.15) is 31.8 Å². The normalized spacial score (nSPS) is 15.0. The summed E-state index contributed by atoms with van der Waals surface area (Å²) in [4.78, 5) is 35.3. The molecule has 3 N–H and O–H groups in total. The van der Waals surface area contributed by atoms with E-state index in [1.54, 1.807) is 48.7 Å². The van der Waals surface area contributed by atoms with Crippen molar-refractivity contribution in [1.82, 2.24) is 14.8 Å². The number of carbonyl (C=O) groups is 2. The Morgan fingerprint density at radius 1 is 0.795 bits per heavy atom. The number of pyridine rings is 1. The molecule has 1 saturated heterocycles. The summed E-state index contributed by atoms with van der Waals surface area (Å²) in [5, 5.41) is 9.18. The summed E-state index contributed by atoms with van der Waals surface area (Å²) in [5.41, 5.74) is 5.07. The van der Waals surface area contributed by atoms with Crippen molar-refractivity contribution in [2.45, 2.75) is 13.5 Å². The molecule has 3 heterocycles. The molecular formula is C34H36N6O4. The Morgan fingerprint density at radius 2 is 1.57 bits per heavy atom. The van der Waals surface area contributed by atoms with E-state index in [1.165, 1.54) is 5.56 Å². The first-order chi connectivity index (χ1) is 21.4. The first-order valence-corrected chi connectivity index (χ1v) is 14.8. The number of aromatic nitrogens is 1. The van der Waals surface area contributed by atoms with Crippen LogP contribution in [0.15, 0.2) is 79.0 Å². The van der Waals surface area contributed by atoms with Crippen molar-refractivity contribution in [2.24, 2.45) is 0 Å². The van der Waals surface area contributed by atoms with Crippen LogP contribution in [0, 0.1) is 6.92 Å². The minimum Gasteiger partial charge on any atom is -0.486 e. The highest BCUT2D eigenvalue weighted by Crippen LogP contribution is 2.31. The Morgan fingerprint density at radius 3 is 2.36 bits per heavy atom. The smallest absolute Gasteiger partial charge is 0.257 e. The number of nitrogens with one attached hydrogen (secondary N) is 3. The number of likely N-dealkylation sites (N-methyl/N-ethyl adjacent to an activating group) is 1. The highest BCUT2D eigenvalue weighted by atomic mass is 16.6. The van der Waals surface area contributed by atoms with E-state index in [4.69, 9.17) is 9.47 Å². The molecule has 0 saturated carbocycles. The fourth-order valence-electron chi connectivity index (χ4n) is 5.18. The molecule has 0 radical (unpaired) electrons. The second-order valence-corrected chi connectivity index (χ2v) is 11.1. The van der Waals surface area contributed by atoms with Crippen LogP contribution >= 0.6 is 0 Å². The van der Waals surface area contributed by atoms with Gasteiger partial charge in [0.1, 0.15) is 19.0 Å². The van der Waals surface area contributed by atoms with Gasteiger partial charge in [-0.1, -0.05) is 18.2 Å². The van der Waals surface area contributed by atoms with E-state index >= 15 is 0 Å². The van der Waals surface area contributed by atoms with Gasteiger partial charge in [0.05, 0.1) is 5.56 Å². The average Bonchev–Trinajstić information content (AvgIpc) is 3.04. The molecule has 0 spiro atoms. The number of fused-ring (bicyclic) bond motifs is 1. The first kappa shape index (κ1) is 29.2. The molecule has 0 unspecified atom stereocenters. The topological polar surface area (TPSA) is 108 Å². The number of amides is 2. The van der Waals surface area contributed by atoms with Crippen molar-refractivity contribution < 1.29 is 19.1 Å². The van der Waals surface area contributed by atoms with Gasteiger partial charge in [0.15, 0.2) is 11.5 Å². The van der Waals surface area contributed by atoms with Crippen molar-refractivity contribution >= 4 is 34.7 Å². The maximum absolute atomic E-state index is 13.1. The summed E-state index contributed by atoms with van der Waals surface area (Å²) in [6, 6.07) is 22.3. The average molecular weight is 593 g/mol. The minimum atomic E-state index is -0.295. The predicted molar refractivity (Wildman–Crippen MR) is 171 cm³/mol. The van der Waals surface area contributed by atoms with Crippen molar-refractivity contribution in [3.8, 4) is 11.5 Å². The number of aryl methyl sites for hydroxylation is 1. The molecule has 226 valence electrons. The molecule has 44 heavy (non-hydrogen) atoms. The van der Waals surface area contributed by atoms with Crippen LogP contribution in [-0.4, -0.2) is 73.0 Å². The molecule has 2 aliphatic rings. The van der Waals surface area contributed by atoms with Crippen molar-refractivity contribution in [2.75, 3.05) is 62.4 Å². The second-order valence-electron chi connectivity index (χ2n) is 11.1. The number of benzene rings is 3. The molecular weight excluding hydrogens is 556 g/mol. The Kier molecular flexibility index (Phi) is 8.71. The van der Waals surface area contributed by atoms with Crippen molar-refractivity contribution in [3.05, 3.63) is 101 Å². The number of ether oxygens (including phenoxy) is 2. The lowest BCUT2D eigenvalue weighted by atomic mass is 10.1. The van der Waals surface area contributed by atoms with E-state index in [9.17, 15) is 9.59 Å². The number of carbonyl (C=O) groups excluding carboxylic acids is 2. The van der Waals surface area contributed by atoms with Gasteiger partial charge < -0.3 is 30.3 Å². The summed E-state index contributed by atoms with van der Waals surface area (Å²) >= 11 is 0. The number of piperazine rings is 1. The molecule has 4 aromatic rings. The molecule has 6 rings (SSSR count). The van der Waals surface area contributed by atoms with Crippen LogP contribution in [0.25, 0.3) is 0 Å². The summed E-state index contributed by atoms with van der Waals surface area (Å²) < 4.78 is 11.1. The van der Waals surface area contributed by atoms with Gasteiger partial charge in [0.2, 0.25) is 0 Å². The lowest BCUT2D eigenvalue weighted by molar-refractivity contribution is 0.101. The van der Waals surface area contributed by atoms with Crippen molar-refractivity contribution in [3.63, 3.8) is 0 Å². The van der Waals surface area contributed by atoms with E-state index in [0.29, 0.717) is 53.0 Å². The fourth-order valence-corrected chi connectivity index (χ4v) is 5.18. The van der Waals surface area contributed by atoms with E-state index in [-0.39, 0.29) is 11.8 Å². The fraction of sp³-hybridized carbons (Fsp3) is 0.265. The minimum absolute atomic E-state index is 0.291. The van der Waals surface area contributed by atoms with Gasteiger partial charge in [-0.05, 0) is 79.7 Å². The molecule has 10 nitrogen and oxygen atoms in total. The van der Waals surface area contributed by atoms with E-state index in [0.717, 1.165) is 44.0 Å². The number of nitrogens with zero attached hydrogens (tertiary/aromatic N) is 3. The third-order valence-electron chi connectivity index (χ3n) is 7.78. The molecule has 0 bridgehead atoms. The van der Waals surface area contributed by atoms with E-state index in [1.807, 2.05) is 25.1 Å². The lowest BCUT2D eigenvalue weighted by Gasteiger charge is -2.32. The van der Waals surface area contributed by atoms with Crippen LogP contribution < -0.4 is 25.4 Å². The highest BCUT2D eigenvalue weighted by Gasteiger charge is 2.17. The van der Waals surface area contributed by atoms with Crippen LogP contribution in [0.2, 0.25) is 0 Å². The van der Waals surface area contributed by atoms with Gasteiger partial charge in [-0.3, -0.25) is 14.5 Å².